The van der Waals surface area contributed by atoms with Gasteiger partial charge in [0.15, 0.2) is 5.69 Å². The Hall–Kier alpha value is -2.31. The Morgan fingerprint density at radius 3 is 3.21 bits per heavy atom. The van der Waals surface area contributed by atoms with E-state index in [1.165, 1.54) is 6.26 Å². The monoisotopic (exact) mass is 264 g/mol. The molecule has 0 amide bonds. The molecule has 0 saturated carbocycles. The normalized spacial score (nSPS) is 10.4. The quantitative estimate of drug-likeness (QED) is 0.603. The molecule has 0 aliphatic heterocycles. The van der Waals surface area contributed by atoms with Crippen molar-refractivity contribution in [3.63, 3.8) is 0 Å². The number of imidazole rings is 1. The van der Waals surface area contributed by atoms with Crippen LogP contribution in [0.25, 0.3) is 0 Å². The van der Waals surface area contributed by atoms with E-state index in [4.69, 9.17) is 9.15 Å². The molecule has 0 bridgehead atoms. The molecule has 0 fully saturated rings. The lowest BCUT2D eigenvalue weighted by Gasteiger charge is -2.02. The molecule has 102 valence electrons. The van der Waals surface area contributed by atoms with Gasteiger partial charge in [-0.15, -0.1) is 0 Å². The third kappa shape index (κ3) is 3.84. The highest BCUT2D eigenvalue weighted by Gasteiger charge is 2.12. The van der Waals surface area contributed by atoms with E-state index in [-0.39, 0.29) is 5.69 Å². The van der Waals surface area contributed by atoms with Gasteiger partial charge in [0.1, 0.15) is 6.26 Å². The number of ether oxygens (including phenoxy) is 1. The molecule has 0 unspecified atom stereocenters. The van der Waals surface area contributed by atoms with E-state index in [0.29, 0.717) is 19.2 Å². The van der Waals surface area contributed by atoms with Gasteiger partial charge in [-0.1, -0.05) is 0 Å². The molecular formula is C12H16N4O3. The van der Waals surface area contributed by atoms with Crippen LogP contribution in [0.15, 0.2) is 29.4 Å². The maximum atomic E-state index is 11.4. The van der Waals surface area contributed by atoms with Crippen LogP contribution in [0.2, 0.25) is 0 Å². The van der Waals surface area contributed by atoms with Gasteiger partial charge in [0.2, 0.25) is 0 Å². The average Bonchev–Trinajstić information content (AvgIpc) is 3.06. The highest BCUT2D eigenvalue weighted by molar-refractivity contribution is 5.87. The summed E-state index contributed by atoms with van der Waals surface area (Å²) in [5.74, 6) is -0.474. The molecule has 7 nitrogen and oxygen atoms in total. The van der Waals surface area contributed by atoms with Crippen molar-refractivity contribution in [1.29, 1.82) is 0 Å². The molecule has 2 aromatic rings. The molecule has 0 aromatic carbocycles. The smallest absolute Gasteiger partial charge is 0.360 e. The average molecular weight is 264 g/mol. The van der Waals surface area contributed by atoms with Gasteiger partial charge >= 0.3 is 5.97 Å². The molecule has 0 radical (unpaired) electrons. The third-order valence-electron chi connectivity index (χ3n) is 2.42. The zero-order chi connectivity index (χ0) is 13.5. The predicted molar refractivity (Wildman–Crippen MR) is 67.8 cm³/mol. The first kappa shape index (κ1) is 13.1. The van der Waals surface area contributed by atoms with Crippen LogP contribution >= 0.6 is 0 Å². The molecule has 1 N–H and O–H groups in total. The molecule has 0 aliphatic rings. The van der Waals surface area contributed by atoms with E-state index in [9.17, 15) is 4.79 Å². The lowest BCUT2D eigenvalue weighted by atomic mass is 10.4. The lowest BCUT2D eigenvalue weighted by molar-refractivity contribution is 0.0519. The van der Waals surface area contributed by atoms with Crippen LogP contribution in [0.5, 0.6) is 0 Å². The Morgan fingerprint density at radius 2 is 2.47 bits per heavy atom. The van der Waals surface area contributed by atoms with Crippen molar-refractivity contribution < 1.29 is 13.9 Å². The van der Waals surface area contributed by atoms with Gasteiger partial charge in [-0.3, -0.25) is 0 Å². The largest absolute Gasteiger partial charge is 0.461 e. The van der Waals surface area contributed by atoms with Crippen LogP contribution in [-0.2, 0) is 11.3 Å². The van der Waals surface area contributed by atoms with Gasteiger partial charge in [-0.2, -0.15) is 4.98 Å². The summed E-state index contributed by atoms with van der Waals surface area (Å²) < 4.78 is 11.9. The number of anilines is 1. The van der Waals surface area contributed by atoms with Gasteiger partial charge in [-0.25, -0.2) is 9.78 Å². The van der Waals surface area contributed by atoms with Crippen molar-refractivity contribution in [3.05, 3.63) is 30.7 Å². The van der Waals surface area contributed by atoms with Crippen LogP contribution in [0.1, 0.15) is 23.8 Å². The number of nitrogens with zero attached hydrogens (tertiary/aromatic N) is 3. The number of hydrogen-bond donors (Lipinski definition) is 1. The van der Waals surface area contributed by atoms with E-state index in [1.54, 1.807) is 19.4 Å². The maximum Gasteiger partial charge on any atom is 0.360 e. The molecule has 0 spiro atoms. The fourth-order valence-corrected chi connectivity index (χ4v) is 1.53. The molecular weight excluding hydrogens is 248 g/mol. The number of rotatable bonds is 7. The molecule has 19 heavy (non-hydrogen) atoms. The topological polar surface area (TPSA) is 82.2 Å². The number of esters is 1. The number of aromatic nitrogens is 3. The summed E-state index contributed by atoms with van der Waals surface area (Å²) in [5, 5.41) is 3.01. The molecule has 0 saturated heterocycles. The molecule has 0 atom stereocenters. The molecule has 2 aromatic heterocycles. The van der Waals surface area contributed by atoms with Crippen molar-refractivity contribution >= 4 is 12.0 Å². The molecule has 0 aliphatic carbocycles. The van der Waals surface area contributed by atoms with Crippen LogP contribution in [0.4, 0.5) is 6.01 Å². The SMILES string of the molecule is CCOC(=O)c1coc(NCCCn2ccnc2)n1. The van der Waals surface area contributed by atoms with E-state index in [1.807, 2.05) is 10.8 Å². The Bertz CT molecular complexity index is 507. The van der Waals surface area contributed by atoms with Crippen molar-refractivity contribution in [2.24, 2.45) is 0 Å². The Labute approximate surface area is 110 Å². The third-order valence-corrected chi connectivity index (χ3v) is 2.42. The standard InChI is InChI=1S/C12H16N4O3/c1-2-18-11(17)10-8-19-12(15-10)14-4-3-6-16-7-5-13-9-16/h5,7-9H,2-4,6H2,1H3,(H,14,15). The number of nitrogens with one attached hydrogen (secondary N) is 1. The second-order valence-electron chi connectivity index (χ2n) is 3.84. The van der Waals surface area contributed by atoms with E-state index < -0.39 is 5.97 Å². The second kappa shape index (κ2) is 6.58. The number of hydrogen-bond acceptors (Lipinski definition) is 6. The van der Waals surface area contributed by atoms with Crippen molar-refractivity contribution in [3.8, 4) is 0 Å². The molecule has 2 rings (SSSR count). The fourth-order valence-electron chi connectivity index (χ4n) is 1.53. The van der Waals surface area contributed by atoms with Crippen LogP contribution in [0, 0.1) is 0 Å². The lowest BCUT2D eigenvalue weighted by Crippen LogP contribution is -2.07. The highest BCUT2D eigenvalue weighted by atomic mass is 16.5. The van der Waals surface area contributed by atoms with Gasteiger partial charge in [0.05, 0.1) is 12.9 Å². The Kier molecular flexibility index (Phi) is 4.54. The summed E-state index contributed by atoms with van der Waals surface area (Å²) in [6, 6.07) is 0.327. The van der Waals surface area contributed by atoms with Gasteiger partial charge < -0.3 is 19.0 Å². The summed E-state index contributed by atoms with van der Waals surface area (Å²) in [6.45, 7) is 3.62. The van der Waals surface area contributed by atoms with Gasteiger partial charge in [0.25, 0.3) is 6.01 Å². The summed E-state index contributed by atoms with van der Waals surface area (Å²) in [6.07, 6.45) is 7.60. The predicted octanol–water partition coefficient (Wildman–Crippen LogP) is 1.55. The van der Waals surface area contributed by atoms with Crippen molar-refractivity contribution in [1.82, 2.24) is 14.5 Å². The zero-order valence-electron chi connectivity index (χ0n) is 10.7. The van der Waals surface area contributed by atoms with E-state index >= 15 is 0 Å². The minimum Gasteiger partial charge on any atom is -0.461 e. The number of carbonyl (C=O) groups excluding carboxylic acids is 1. The second-order valence-corrected chi connectivity index (χ2v) is 3.84. The van der Waals surface area contributed by atoms with Crippen molar-refractivity contribution in [2.45, 2.75) is 19.9 Å². The fraction of sp³-hybridized carbons (Fsp3) is 0.417. The molecule has 7 heteroatoms. The number of carbonyl (C=O) groups is 1. The van der Waals surface area contributed by atoms with Crippen LogP contribution < -0.4 is 5.32 Å². The summed E-state index contributed by atoms with van der Waals surface area (Å²) >= 11 is 0. The first-order valence-electron chi connectivity index (χ1n) is 6.12. The first-order chi connectivity index (χ1) is 9.29. The number of aryl methyl sites for hydroxylation is 1. The van der Waals surface area contributed by atoms with Crippen LogP contribution in [-0.4, -0.2) is 33.7 Å². The minimum atomic E-state index is -0.474. The maximum absolute atomic E-state index is 11.4. The minimum absolute atomic E-state index is 0.180. The van der Waals surface area contributed by atoms with Crippen LogP contribution in [0.3, 0.4) is 0 Å². The van der Waals surface area contributed by atoms with E-state index in [2.05, 4.69) is 15.3 Å². The van der Waals surface area contributed by atoms with Crippen molar-refractivity contribution in [2.75, 3.05) is 18.5 Å². The summed E-state index contributed by atoms with van der Waals surface area (Å²) in [5.41, 5.74) is 0.180. The summed E-state index contributed by atoms with van der Waals surface area (Å²) in [4.78, 5) is 19.3. The Morgan fingerprint density at radius 1 is 1.58 bits per heavy atom. The molecule has 2 heterocycles. The summed E-state index contributed by atoms with van der Waals surface area (Å²) in [7, 11) is 0. The van der Waals surface area contributed by atoms with E-state index in [0.717, 1.165) is 13.0 Å². The Balaban J connectivity index is 1.72. The highest BCUT2D eigenvalue weighted by Crippen LogP contribution is 2.08. The zero-order valence-corrected chi connectivity index (χ0v) is 10.7. The van der Waals surface area contributed by atoms with Gasteiger partial charge in [-0.05, 0) is 13.3 Å². The first-order valence-corrected chi connectivity index (χ1v) is 6.12. The number of oxazole rings is 1. The van der Waals surface area contributed by atoms with Gasteiger partial charge in [0, 0.05) is 25.5 Å².